The van der Waals surface area contributed by atoms with Crippen LogP contribution in [0.25, 0.3) is 88.0 Å². The molecule has 49 heavy (non-hydrogen) atoms. The monoisotopic (exact) mass is 629 g/mol. The number of hydrogen-bond donors (Lipinski definition) is 0. The van der Waals surface area contributed by atoms with E-state index in [0.29, 0.717) is 0 Å². The van der Waals surface area contributed by atoms with Gasteiger partial charge in [0.1, 0.15) is 11.5 Å². The third kappa shape index (κ3) is 3.73. The van der Waals surface area contributed by atoms with Crippen LogP contribution in [0, 0.1) is 0 Å². The lowest BCUT2D eigenvalue weighted by atomic mass is 9.91. The van der Waals surface area contributed by atoms with Crippen molar-refractivity contribution in [3.63, 3.8) is 0 Å². The second kappa shape index (κ2) is 9.96. The highest BCUT2D eigenvalue weighted by Crippen LogP contribution is 2.50. The predicted molar refractivity (Wildman–Crippen MR) is 204 cm³/mol. The van der Waals surface area contributed by atoms with Gasteiger partial charge in [-0.25, -0.2) is 0 Å². The van der Waals surface area contributed by atoms with E-state index < -0.39 is 6.04 Å². The largest absolute Gasteiger partial charge is 0.456 e. The highest BCUT2D eigenvalue weighted by atomic mass is 16.5. The lowest BCUT2D eigenvalue weighted by molar-refractivity contribution is 0.487. The third-order valence-electron chi connectivity index (χ3n) is 9.98. The molecule has 0 aliphatic carbocycles. The van der Waals surface area contributed by atoms with Crippen molar-refractivity contribution in [2.75, 3.05) is 0 Å². The van der Waals surface area contributed by atoms with Crippen LogP contribution in [0.4, 0.5) is 0 Å². The molecule has 1 aliphatic rings. The van der Waals surface area contributed by atoms with E-state index in [9.17, 15) is 0 Å². The fourth-order valence-corrected chi connectivity index (χ4v) is 7.93. The molecular weight excluding hydrogens is 597 g/mol. The molecule has 1 aliphatic heterocycles. The predicted octanol–water partition coefficient (Wildman–Crippen LogP) is 12.5. The van der Waals surface area contributed by atoms with Crippen LogP contribution in [-0.2, 0) is 0 Å². The summed E-state index contributed by atoms with van der Waals surface area (Å²) in [6.45, 7) is 0. The van der Waals surface area contributed by atoms with Gasteiger partial charge in [-0.05, 0) is 94.8 Å². The first-order valence-electron chi connectivity index (χ1n) is 18.9. The van der Waals surface area contributed by atoms with Gasteiger partial charge in [-0.3, -0.25) is 0 Å². The Morgan fingerprint density at radius 2 is 1.06 bits per heavy atom. The molecule has 0 saturated heterocycles. The van der Waals surface area contributed by atoms with E-state index in [2.05, 4.69) is 89.5 Å². The first kappa shape index (κ1) is 22.1. The minimum Gasteiger partial charge on any atom is -0.456 e. The first-order valence-corrected chi connectivity index (χ1v) is 16.4. The van der Waals surface area contributed by atoms with Crippen molar-refractivity contribution in [1.29, 1.82) is 0 Å². The van der Waals surface area contributed by atoms with E-state index in [1.165, 1.54) is 0 Å². The second-order valence-corrected chi connectivity index (χ2v) is 12.6. The molecule has 0 radical (unpaired) electrons. The fraction of sp³-hybridized carbons (Fsp3) is 0. The number of fused-ring (bicyclic) bond motifs is 9. The Kier molecular flexibility index (Phi) is 4.49. The third-order valence-corrected chi connectivity index (χ3v) is 9.98. The van der Waals surface area contributed by atoms with Crippen LogP contribution in [0.1, 0.15) is 6.85 Å². The summed E-state index contributed by atoms with van der Waals surface area (Å²) in [7, 11) is 0. The molecule has 0 unspecified atom stereocenters. The standard InChI is InChI=1S/C46H28N2O/c1-3-12-31(13-4-1)47-39-19-9-7-16-33(39)36-26-29(22-24-40(36)47)30-23-25-41-38(27-30)45-35-18-11-21-44-46(35)37(34-17-8-10-20-43(34)49-44)28-42(45)48(41)32-14-5-2-6-15-32/h1-28H/i1D,3D,4D,12D,13D. The Morgan fingerprint density at radius 3 is 1.92 bits per heavy atom. The summed E-state index contributed by atoms with van der Waals surface area (Å²) in [6, 6.07) is 46.4. The number of ether oxygens (including phenoxy) is 1. The van der Waals surface area contributed by atoms with Crippen LogP contribution in [0.5, 0.6) is 11.5 Å². The van der Waals surface area contributed by atoms with Gasteiger partial charge in [0.2, 0.25) is 0 Å². The topological polar surface area (TPSA) is 19.1 Å². The van der Waals surface area contributed by atoms with Gasteiger partial charge in [-0.15, -0.1) is 0 Å². The summed E-state index contributed by atoms with van der Waals surface area (Å²) in [4.78, 5) is 0. The summed E-state index contributed by atoms with van der Waals surface area (Å²) in [5.41, 5.74) is 9.23. The van der Waals surface area contributed by atoms with E-state index in [1.807, 2.05) is 54.6 Å². The molecule has 3 nitrogen and oxygen atoms in total. The lowest BCUT2D eigenvalue weighted by Gasteiger charge is -2.22. The molecular formula is C46H28N2O. The number of para-hydroxylation sites is 4. The normalized spacial score (nSPS) is 13.7. The van der Waals surface area contributed by atoms with E-state index in [0.717, 1.165) is 93.8 Å². The Bertz CT molecular complexity index is 3230. The summed E-state index contributed by atoms with van der Waals surface area (Å²) >= 11 is 0. The maximum absolute atomic E-state index is 8.78. The molecule has 3 heterocycles. The van der Waals surface area contributed by atoms with Gasteiger partial charge in [-0.1, -0.05) is 97.0 Å². The quantitative estimate of drug-likeness (QED) is 0.190. The molecule has 11 rings (SSSR count). The van der Waals surface area contributed by atoms with Gasteiger partial charge in [0.05, 0.1) is 28.9 Å². The van der Waals surface area contributed by atoms with Gasteiger partial charge in [0, 0.05) is 43.9 Å². The van der Waals surface area contributed by atoms with Gasteiger partial charge in [0.15, 0.2) is 0 Å². The molecule has 0 bridgehead atoms. The Hall–Kier alpha value is -6.58. The van der Waals surface area contributed by atoms with Crippen molar-refractivity contribution in [2.24, 2.45) is 0 Å². The van der Waals surface area contributed by atoms with E-state index >= 15 is 0 Å². The van der Waals surface area contributed by atoms with E-state index in [1.54, 1.807) is 4.57 Å². The average molecular weight is 630 g/mol. The number of hydrogen-bond acceptors (Lipinski definition) is 1. The minimum atomic E-state index is -0.407. The minimum absolute atomic E-state index is 0.139. The molecule has 228 valence electrons. The van der Waals surface area contributed by atoms with Gasteiger partial charge in [-0.2, -0.15) is 0 Å². The van der Waals surface area contributed by atoms with Gasteiger partial charge >= 0.3 is 0 Å². The zero-order chi connectivity index (χ0) is 36.4. The SMILES string of the molecule is [2H]c1c([2H])c([2H])c(-n2c3ccccc3c3cc(-c4ccc5c(c4)c4c6cccc7c6c(cc4n5-c4ccccc4)-c4ccccc4O7)ccc32)c([2H])c1[2H]. The smallest absolute Gasteiger partial charge is 0.135 e. The van der Waals surface area contributed by atoms with Crippen LogP contribution in [0.15, 0.2) is 170 Å². The zero-order valence-corrected chi connectivity index (χ0v) is 26.1. The molecule has 0 amide bonds. The number of nitrogens with zero attached hydrogens (tertiary/aromatic N) is 2. The first-order chi connectivity index (χ1) is 26.4. The van der Waals surface area contributed by atoms with Crippen LogP contribution < -0.4 is 4.74 Å². The number of rotatable bonds is 3. The Morgan fingerprint density at radius 1 is 0.408 bits per heavy atom. The van der Waals surface area contributed by atoms with Gasteiger partial charge < -0.3 is 13.9 Å². The lowest BCUT2D eigenvalue weighted by Crippen LogP contribution is -1.98. The molecule has 0 atom stereocenters. The van der Waals surface area contributed by atoms with Crippen molar-refractivity contribution in [3.8, 4) is 45.1 Å². The number of benzene rings is 8. The average Bonchev–Trinajstić information content (AvgIpc) is 3.72. The van der Waals surface area contributed by atoms with E-state index in [4.69, 9.17) is 11.6 Å². The maximum Gasteiger partial charge on any atom is 0.135 e. The molecule has 0 spiro atoms. The van der Waals surface area contributed by atoms with E-state index in [-0.39, 0.29) is 29.9 Å². The maximum atomic E-state index is 8.78. The summed E-state index contributed by atoms with van der Waals surface area (Å²) in [5.74, 6) is 1.70. The van der Waals surface area contributed by atoms with Crippen LogP contribution in [-0.4, -0.2) is 9.13 Å². The van der Waals surface area contributed by atoms with Crippen LogP contribution in [0.2, 0.25) is 0 Å². The van der Waals surface area contributed by atoms with Gasteiger partial charge in [0.25, 0.3) is 0 Å². The molecule has 8 aromatic carbocycles. The highest BCUT2D eigenvalue weighted by Gasteiger charge is 2.25. The summed E-state index contributed by atoms with van der Waals surface area (Å²) < 4.78 is 53.1. The van der Waals surface area contributed by atoms with Crippen molar-refractivity contribution in [2.45, 2.75) is 0 Å². The molecule has 0 saturated carbocycles. The van der Waals surface area contributed by atoms with Crippen molar-refractivity contribution in [3.05, 3.63) is 170 Å². The van der Waals surface area contributed by atoms with Crippen molar-refractivity contribution in [1.82, 2.24) is 9.13 Å². The zero-order valence-electron chi connectivity index (χ0n) is 31.1. The molecule has 0 fully saturated rings. The Balaban J connectivity index is 1.19. The van der Waals surface area contributed by atoms with Crippen LogP contribution in [0.3, 0.4) is 0 Å². The van der Waals surface area contributed by atoms with Crippen molar-refractivity contribution < 1.29 is 11.6 Å². The van der Waals surface area contributed by atoms with Crippen LogP contribution >= 0.6 is 0 Å². The van der Waals surface area contributed by atoms with Crippen molar-refractivity contribution >= 4 is 54.4 Å². The molecule has 10 aromatic rings. The molecule has 0 N–H and O–H groups in total. The Labute approximate surface area is 289 Å². The second-order valence-electron chi connectivity index (χ2n) is 12.6. The molecule has 3 heteroatoms. The highest BCUT2D eigenvalue weighted by molar-refractivity contribution is 6.26. The molecule has 2 aromatic heterocycles. The fourth-order valence-electron chi connectivity index (χ4n) is 7.93. The number of aromatic nitrogens is 2. The summed E-state index contributed by atoms with van der Waals surface area (Å²) in [6.07, 6.45) is 0. The summed E-state index contributed by atoms with van der Waals surface area (Å²) in [5, 5.41) is 6.36.